The molecule has 1 amide bonds. The standard InChI is InChI=1S/C23H32BN5O2/c1-13-17-9-16(23(17,3)4)10-18(13)28-19-12-27-29(22(31)20(19)24)14(2)21(30)26-11-15-5-7-25-8-6-15/h5-8,12-14,16-18,28H,9-11,24H2,1-4H3,(H,26,30)/t13-,14?,16+,17-,18-/m1/s1. The number of nitrogens with one attached hydrogen (secondary N) is 2. The van der Waals surface area contributed by atoms with Crippen molar-refractivity contribution in [3.8, 4) is 0 Å². The minimum Gasteiger partial charge on any atom is -0.381 e. The first kappa shape index (κ1) is 21.6. The Labute approximate surface area is 184 Å². The lowest BCUT2D eigenvalue weighted by Crippen LogP contribution is -2.58. The van der Waals surface area contributed by atoms with Gasteiger partial charge in [0.05, 0.1) is 11.9 Å². The second-order valence-corrected chi connectivity index (χ2v) is 9.89. The molecule has 3 aliphatic rings. The van der Waals surface area contributed by atoms with Crippen LogP contribution in [0, 0.1) is 23.2 Å². The van der Waals surface area contributed by atoms with Crippen LogP contribution < -0.4 is 21.7 Å². The van der Waals surface area contributed by atoms with Crippen LogP contribution in [0.15, 0.2) is 35.5 Å². The van der Waals surface area contributed by atoms with Gasteiger partial charge in [0, 0.05) is 30.4 Å². The fourth-order valence-corrected chi connectivity index (χ4v) is 5.47. The first-order valence-electron chi connectivity index (χ1n) is 11.2. The fourth-order valence-electron chi connectivity index (χ4n) is 5.47. The predicted molar refractivity (Wildman–Crippen MR) is 124 cm³/mol. The zero-order valence-electron chi connectivity index (χ0n) is 19.1. The number of amides is 1. The summed E-state index contributed by atoms with van der Waals surface area (Å²) in [4.78, 5) is 29.5. The van der Waals surface area contributed by atoms with Crippen LogP contribution in [0.3, 0.4) is 0 Å². The van der Waals surface area contributed by atoms with E-state index in [1.807, 2.05) is 20.0 Å². The zero-order valence-corrected chi connectivity index (χ0v) is 19.1. The van der Waals surface area contributed by atoms with E-state index in [1.165, 1.54) is 11.1 Å². The lowest BCUT2D eigenvalue weighted by Gasteiger charge is -2.62. The monoisotopic (exact) mass is 421 g/mol. The highest BCUT2D eigenvalue weighted by Gasteiger charge is 2.56. The molecule has 0 aromatic carbocycles. The van der Waals surface area contributed by atoms with Gasteiger partial charge in [-0.3, -0.25) is 14.6 Å². The molecule has 0 radical (unpaired) electrons. The Hall–Kier alpha value is -2.64. The third-order valence-electron chi connectivity index (χ3n) is 7.90. The van der Waals surface area contributed by atoms with Crippen LogP contribution in [0.1, 0.15) is 52.1 Å². The molecule has 7 nitrogen and oxygen atoms in total. The van der Waals surface area contributed by atoms with Gasteiger partial charge in [0.2, 0.25) is 5.91 Å². The first-order valence-corrected chi connectivity index (χ1v) is 11.2. The molecule has 2 aromatic heterocycles. The smallest absolute Gasteiger partial charge is 0.263 e. The molecule has 3 aliphatic carbocycles. The first-order chi connectivity index (χ1) is 14.7. The maximum atomic E-state index is 13.0. The summed E-state index contributed by atoms with van der Waals surface area (Å²) in [6, 6.07) is 3.35. The number of hydrogen-bond donors (Lipinski definition) is 2. The largest absolute Gasteiger partial charge is 0.381 e. The highest BCUT2D eigenvalue weighted by atomic mass is 16.2. The molecule has 1 unspecified atom stereocenters. The van der Waals surface area contributed by atoms with Crippen molar-refractivity contribution in [3.05, 3.63) is 46.6 Å². The quantitative estimate of drug-likeness (QED) is 0.686. The molecule has 3 saturated carbocycles. The summed E-state index contributed by atoms with van der Waals surface area (Å²) in [7, 11) is 1.81. The van der Waals surface area contributed by atoms with Gasteiger partial charge in [-0.05, 0) is 60.6 Å². The third-order valence-corrected chi connectivity index (χ3v) is 7.90. The highest BCUT2D eigenvalue weighted by Crippen LogP contribution is 2.61. The molecule has 5 atom stereocenters. The van der Waals surface area contributed by atoms with Gasteiger partial charge in [0.25, 0.3) is 5.56 Å². The highest BCUT2D eigenvalue weighted by molar-refractivity contribution is 6.35. The van der Waals surface area contributed by atoms with Gasteiger partial charge in [-0.15, -0.1) is 0 Å². The topological polar surface area (TPSA) is 88.9 Å². The Balaban J connectivity index is 1.43. The molecule has 31 heavy (non-hydrogen) atoms. The fraction of sp³-hybridized carbons (Fsp3) is 0.565. The number of anilines is 1. The van der Waals surface area contributed by atoms with E-state index >= 15 is 0 Å². The van der Waals surface area contributed by atoms with Gasteiger partial charge in [0.1, 0.15) is 13.9 Å². The Bertz CT molecular complexity index is 1020. The molecule has 2 heterocycles. The molecule has 2 aromatic rings. The van der Waals surface area contributed by atoms with Crippen LogP contribution in [-0.2, 0) is 11.3 Å². The van der Waals surface area contributed by atoms with Crippen LogP contribution in [0.2, 0.25) is 0 Å². The van der Waals surface area contributed by atoms with E-state index in [-0.39, 0.29) is 11.5 Å². The van der Waals surface area contributed by atoms with Gasteiger partial charge < -0.3 is 10.6 Å². The van der Waals surface area contributed by atoms with Crippen molar-refractivity contribution < 1.29 is 4.79 Å². The maximum Gasteiger partial charge on any atom is 0.263 e. The van der Waals surface area contributed by atoms with Crippen molar-refractivity contribution in [2.75, 3.05) is 5.32 Å². The summed E-state index contributed by atoms with van der Waals surface area (Å²) in [6.45, 7) is 9.17. The second kappa shape index (κ2) is 8.13. The van der Waals surface area contributed by atoms with Crippen molar-refractivity contribution in [1.29, 1.82) is 0 Å². The summed E-state index contributed by atoms with van der Waals surface area (Å²) in [5.74, 6) is 1.78. The van der Waals surface area contributed by atoms with Crippen molar-refractivity contribution >= 4 is 24.9 Å². The number of nitrogens with zero attached hydrogens (tertiary/aromatic N) is 3. The molecule has 0 aliphatic heterocycles. The minimum atomic E-state index is -0.691. The average Bonchev–Trinajstić information content (AvgIpc) is 2.76. The van der Waals surface area contributed by atoms with E-state index in [4.69, 9.17) is 0 Å². The molecule has 0 spiro atoms. The summed E-state index contributed by atoms with van der Waals surface area (Å²) in [5.41, 5.74) is 2.53. The number of fused-ring (bicyclic) bond motifs is 2. The number of carbonyl (C=O) groups excluding carboxylic acids is 1. The Morgan fingerprint density at radius 2 is 2.03 bits per heavy atom. The van der Waals surface area contributed by atoms with E-state index < -0.39 is 6.04 Å². The Kier molecular flexibility index (Phi) is 5.66. The molecular formula is C23H32BN5O2. The molecule has 5 rings (SSSR count). The van der Waals surface area contributed by atoms with Crippen LogP contribution >= 0.6 is 0 Å². The van der Waals surface area contributed by atoms with Gasteiger partial charge in [0.15, 0.2) is 0 Å². The zero-order chi connectivity index (χ0) is 22.3. The van der Waals surface area contributed by atoms with Gasteiger partial charge in [-0.25, -0.2) is 4.68 Å². The number of carbonyl (C=O) groups is 1. The number of rotatable bonds is 6. The van der Waals surface area contributed by atoms with Gasteiger partial charge in [-0.1, -0.05) is 20.8 Å². The van der Waals surface area contributed by atoms with Crippen molar-refractivity contribution in [2.45, 2.75) is 59.2 Å². The molecule has 2 bridgehead atoms. The molecular weight excluding hydrogens is 389 g/mol. The summed E-state index contributed by atoms with van der Waals surface area (Å²) in [5, 5.41) is 10.8. The molecule has 2 N–H and O–H groups in total. The minimum absolute atomic E-state index is 0.231. The lowest BCUT2D eigenvalue weighted by atomic mass is 9.44. The molecule has 164 valence electrons. The number of aromatic nitrogens is 3. The average molecular weight is 421 g/mol. The number of hydrogen-bond acceptors (Lipinski definition) is 5. The van der Waals surface area contributed by atoms with Crippen LogP contribution in [-0.4, -0.2) is 34.6 Å². The van der Waals surface area contributed by atoms with Gasteiger partial charge in [-0.2, -0.15) is 5.10 Å². The summed E-state index contributed by atoms with van der Waals surface area (Å²) in [6.07, 6.45) is 7.51. The Morgan fingerprint density at radius 1 is 1.32 bits per heavy atom. The second-order valence-electron chi connectivity index (χ2n) is 9.89. The summed E-state index contributed by atoms with van der Waals surface area (Å²) >= 11 is 0. The van der Waals surface area contributed by atoms with E-state index in [0.717, 1.165) is 29.5 Å². The van der Waals surface area contributed by atoms with Crippen LogP contribution in [0.5, 0.6) is 0 Å². The maximum absolute atomic E-state index is 13.0. The normalized spacial score (nSPS) is 27.1. The van der Waals surface area contributed by atoms with Crippen molar-refractivity contribution in [3.63, 3.8) is 0 Å². The third kappa shape index (κ3) is 3.88. The van der Waals surface area contributed by atoms with Crippen LogP contribution in [0.25, 0.3) is 0 Å². The SMILES string of the molecule is Bc1c(N[C@@H]2C[C@@H]3C[C@H]([C@H]2C)C3(C)C)cnn(C(C)C(=O)NCc2ccncc2)c1=O. The Morgan fingerprint density at radius 3 is 2.68 bits per heavy atom. The van der Waals surface area contributed by atoms with Crippen molar-refractivity contribution in [1.82, 2.24) is 20.1 Å². The van der Waals surface area contributed by atoms with Crippen LogP contribution in [0.4, 0.5) is 5.69 Å². The number of pyridine rings is 1. The lowest BCUT2D eigenvalue weighted by molar-refractivity contribution is -0.124. The molecule has 0 saturated heterocycles. The summed E-state index contributed by atoms with van der Waals surface area (Å²) < 4.78 is 1.27. The molecule has 8 heteroatoms. The van der Waals surface area contributed by atoms with E-state index in [0.29, 0.717) is 29.4 Å². The van der Waals surface area contributed by atoms with E-state index in [2.05, 4.69) is 41.5 Å². The van der Waals surface area contributed by atoms with Gasteiger partial charge >= 0.3 is 0 Å². The van der Waals surface area contributed by atoms with E-state index in [1.54, 1.807) is 25.5 Å². The molecule has 3 fully saturated rings. The van der Waals surface area contributed by atoms with Crippen molar-refractivity contribution in [2.24, 2.45) is 23.2 Å². The predicted octanol–water partition coefficient (Wildman–Crippen LogP) is 1.26. The van der Waals surface area contributed by atoms with E-state index in [9.17, 15) is 9.59 Å².